The number of likely N-dealkylation sites (tertiary alicyclic amines) is 1. The Morgan fingerprint density at radius 1 is 0.750 bits per heavy atom. The van der Waals surface area contributed by atoms with Gasteiger partial charge in [-0.2, -0.15) is 11.8 Å². The number of aromatic amines is 1. The van der Waals surface area contributed by atoms with E-state index in [4.69, 9.17) is 25.7 Å². The molecule has 1 fully saturated rings. The van der Waals surface area contributed by atoms with Crippen molar-refractivity contribution in [2.24, 2.45) is 11.5 Å². The zero-order valence-electron chi connectivity index (χ0n) is 41.3. The Morgan fingerprint density at radius 2 is 1.38 bits per heavy atom. The lowest BCUT2D eigenvalue weighted by Gasteiger charge is -2.30. The van der Waals surface area contributed by atoms with Crippen molar-refractivity contribution in [1.82, 2.24) is 41.0 Å². The first-order valence-corrected chi connectivity index (χ1v) is 26.0. The number of carbonyl (C=O) groups excluding carboxylic acids is 7. The van der Waals surface area contributed by atoms with Crippen LogP contribution in [-0.2, 0) is 54.3 Å². The van der Waals surface area contributed by atoms with Gasteiger partial charge in [-0.1, -0.05) is 36.4 Å². The highest BCUT2D eigenvalue weighted by molar-refractivity contribution is 7.99. The van der Waals surface area contributed by atoms with Crippen LogP contribution in [0.15, 0.2) is 60.9 Å². The summed E-state index contributed by atoms with van der Waals surface area (Å²) in [5.74, 6) is -2.15. The number of amides is 7. The third-order valence-corrected chi connectivity index (χ3v) is 13.7. The molecule has 10 N–H and O–H groups in total. The minimum absolute atomic E-state index is 0.259. The number of hydrogen-bond acceptors (Lipinski definition) is 13. The second kappa shape index (κ2) is 28.2. The number of unbranched alkanes of at least 4 members (excludes halogenated alkanes) is 2. The van der Waals surface area contributed by atoms with Crippen LogP contribution in [-0.4, -0.2) is 158 Å². The summed E-state index contributed by atoms with van der Waals surface area (Å²) in [7, 11) is 1.49. The van der Waals surface area contributed by atoms with E-state index in [9.17, 15) is 33.6 Å². The summed E-state index contributed by atoms with van der Waals surface area (Å²) >= 11 is 1.44. The van der Waals surface area contributed by atoms with Crippen LogP contribution in [0.5, 0.6) is 0 Å². The van der Waals surface area contributed by atoms with Crippen molar-refractivity contribution in [3.05, 3.63) is 72.1 Å². The molecule has 1 saturated heterocycles. The van der Waals surface area contributed by atoms with Crippen LogP contribution in [0.3, 0.4) is 0 Å². The highest BCUT2D eigenvalue weighted by Crippen LogP contribution is 2.38. The van der Waals surface area contributed by atoms with E-state index < -0.39 is 47.8 Å². The van der Waals surface area contributed by atoms with Gasteiger partial charge in [0.15, 0.2) is 0 Å². The number of nitrogens with two attached hydrogens (primary N) is 2. The molecule has 20 nitrogen and oxygen atoms in total. The van der Waals surface area contributed by atoms with Gasteiger partial charge in [0.2, 0.25) is 29.5 Å². The summed E-state index contributed by atoms with van der Waals surface area (Å²) in [4.78, 5) is 97.2. The number of nitrogens with one attached hydrogen (secondary N) is 6. The fraction of sp³-hybridized carbons (Fsp3) is 0.510. The summed E-state index contributed by atoms with van der Waals surface area (Å²) in [6, 6.07) is 12.0. The van der Waals surface area contributed by atoms with Gasteiger partial charge in [-0.05, 0) is 76.6 Å². The van der Waals surface area contributed by atoms with Crippen molar-refractivity contribution >= 4 is 86.1 Å². The Morgan fingerprint density at radius 3 is 2.06 bits per heavy atom. The van der Waals surface area contributed by atoms with Crippen molar-refractivity contribution in [2.45, 2.75) is 89.0 Å². The van der Waals surface area contributed by atoms with Crippen molar-refractivity contribution in [1.29, 1.82) is 0 Å². The van der Waals surface area contributed by atoms with E-state index in [0.717, 1.165) is 21.8 Å². The Kier molecular flexibility index (Phi) is 21.6. The van der Waals surface area contributed by atoms with Crippen LogP contribution in [0.4, 0.5) is 0 Å². The van der Waals surface area contributed by atoms with Crippen molar-refractivity contribution in [3.8, 4) is 0 Å². The number of para-hydroxylation sites is 2. The van der Waals surface area contributed by atoms with E-state index in [1.165, 1.54) is 30.6 Å². The molecule has 0 spiro atoms. The molecule has 4 heterocycles. The first-order valence-electron chi connectivity index (χ1n) is 24.8. The molecule has 4 atom stereocenters. The minimum atomic E-state index is -0.947. The first-order chi connectivity index (χ1) is 35.0. The number of ether oxygens (including phenoxy) is 3. The summed E-state index contributed by atoms with van der Waals surface area (Å²) < 4.78 is 19.4. The van der Waals surface area contributed by atoms with Gasteiger partial charge in [-0.15, -0.1) is 0 Å². The molecule has 2 aromatic heterocycles. The van der Waals surface area contributed by atoms with E-state index >= 15 is 0 Å². The number of nitrogens with zero attached hydrogens (tertiary/aromatic N) is 2. The molecular weight excluding hydrogens is 945 g/mol. The average Bonchev–Trinajstić information content (AvgIpc) is 4.18. The predicted octanol–water partition coefficient (Wildman–Crippen LogP) is 1.94. The number of rotatable bonds is 31. The number of fused-ring (bicyclic) bond motifs is 2. The lowest BCUT2D eigenvalue weighted by molar-refractivity contribution is -0.141. The van der Waals surface area contributed by atoms with Gasteiger partial charge in [-0.3, -0.25) is 38.9 Å². The molecule has 0 radical (unpaired) electrons. The first kappa shape index (κ1) is 55.2. The number of aromatic nitrogens is 2. The maximum absolute atomic E-state index is 13.9. The fourth-order valence-electron chi connectivity index (χ4n) is 9.06. The normalized spacial score (nSPS) is 16.0. The zero-order valence-corrected chi connectivity index (χ0v) is 42.1. The molecular formula is C51H70N10O10S. The van der Waals surface area contributed by atoms with Gasteiger partial charge in [0.25, 0.3) is 11.8 Å². The largest absolute Gasteiger partial charge is 0.378 e. The monoisotopic (exact) mass is 1010 g/mol. The van der Waals surface area contributed by atoms with Gasteiger partial charge in [0.1, 0.15) is 24.2 Å². The van der Waals surface area contributed by atoms with Gasteiger partial charge in [0.05, 0.1) is 50.8 Å². The average molecular weight is 1020 g/mol. The lowest BCUT2D eigenvalue weighted by Crippen LogP contribution is -2.58. The van der Waals surface area contributed by atoms with E-state index in [2.05, 4.69) is 31.6 Å². The summed E-state index contributed by atoms with van der Waals surface area (Å²) in [5, 5.41) is 15.2. The molecule has 0 unspecified atom stereocenters. The van der Waals surface area contributed by atoms with Crippen molar-refractivity contribution in [2.75, 3.05) is 77.8 Å². The molecule has 21 heteroatoms. The molecule has 4 aromatic rings. The van der Waals surface area contributed by atoms with Gasteiger partial charge in [0, 0.05) is 83.9 Å². The molecule has 0 bridgehead atoms. The summed E-state index contributed by atoms with van der Waals surface area (Å²) in [6.07, 6.45) is 7.85. The molecule has 0 saturated carbocycles. The molecule has 6 rings (SSSR count). The molecule has 2 aliphatic heterocycles. The molecule has 0 aliphatic carbocycles. The van der Waals surface area contributed by atoms with Crippen LogP contribution in [0, 0.1) is 0 Å². The number of hydrogen-bond donors (Lipinski definition) is 8. The number of carbonyl (C=O) groups is 7. The molecule has 390 valence electrons. The highest BCUT2D eigenvalue weighted by Gasteiger charge is 2.39. The topological polar surface area (TPSA) is 283 Å². The third-order valence-electron chi connectivity index (χ3n) is 12.6. The number of benzene rings is 2. The Balaban J connectivity index is 0.905. The van der Waals surface area contributed by atoms with Gasteiger partial charge < -0.3 is 61.4 Å². The molecule has 72 heavy (non-hydrogen) atoms. The highest BCUT2D eigenvalue weighted by atomic mass is 32.2. The summed E-state index contributed by atoms with van der Waals surface area (Å²) in [6.45, 7) is 5.19. The molecule has 2 aliphatic rings. The van der Waals surface area contributed by atoms with Crippen LogP contribution < -0.4 is 38.1 Å². The second-order valence-electron chi connectivity index (χ2n) is 17.7. The van der Waals surface area contributed by atoms with Crippen LogP contribution in [0.2, 0.25) is 0 Å². The fourth-order valence-corrected chi connectivity index (χ4v) is 9.93. The Hall–Kier alpha value is -6.10. The summed E-state index contributed by atoms with van der Waals surface area (Å²) in [5.41, 5.74) is 15.1. The maximum atomic E-state index is 13.9. The predicted molar refractivity (Wildman–Crippen MR) is 276 cm³/mol. The maximum Gasteiger partial charge on any atom is 0.259 e. The van der Waals surface area contributed by atoms with Crippen molar-refractivity contribution in [3.63, 3.8) is 0 Å². The smallest absolute Gasteiger partial charge is 0.259 e. The standard InChI is InChI=1S/C51H70N10O10S/c1-33(62)56-41(51(68)61-21-11-18-43(61)48(65)58-40(16-8-10-20-53)47(64)57-39(46(63)54-2)15-7-9-19-52)32-72-29-28-71-27-26-70-25-24-69-23-22-60-31-37(35-13-4-6-17-42(35)60)45-44(49(66)59-50(45)67)36-30-55-38-14-5-3-12-34(36)38/h3-6,12-14,17,30-31,39-41,43,55H,7-11,15-16,18-29,32,52-53H2,1-2H3,(H,54,63)(H,56,62)(H,57,64)(H,58,65)(H,59,66,67)/t39-,40-,41-,43-/m0/s1. The van der Waals surface area contributed by atoms with Gasteiger partial charge >= 0.3 is 0 Å². The molecule has 2 aromatic carbocycles. The second-order valence-corrected chi connectivity index (χ2v) is 18.8. The van der Waals surface area contributed by atoms with Crippen LogP contribution in [0.25, 0.3) is 33.0 Å². The lowest BCUT2D eigenvalue weighted by atomic mass is 9.95. The van der Waals surface area contributed by atoms with E-state index in [0.29, 0.717) is 145 Å². The Labute approximate surface area is 423 Å². The third kappa shape index (κ3) is 14.8. The zero-order chi connectivity index (χ0) is 51.4. The minimum Gasteiger partial charge on any atom is -0.378 e. The van der Waals surface area contributed by atoms with Crippen molar-refractivity contribution < 1.29 is 47.8 Å². The Bertz CT molecular complexity index is 2540. The van der Waals surface area contributed by atoms with Gasteiger partial charge in [-0.25, -0.2) is 0 Å². The van der Waals surface area contributed by atoms with Crippen LogP contribution >= 0.6 is 11.8 Å². The number of imide groups is 1. The van der Waals surface area contributed by atoms with E-state index in [1.807, 2.05) is 59.3 Å². The number of likely N-dealkylation sites (N-methyl/N-ethyl adjacent to an activating group) is 1. The van der Waals surface area contributed by atoms with Crippen LogP contribution in [0.1, 0.15) is 69.4 Å². The van der Waals surface area contributed by atoms with E-state index in [-0.39, 0.29) is 23.5 Å². The van der Waals surface area contributed by atoms with E-state index in [1.54, 1.807) is 6.20 Å². The number of H-pyrrole nitrogens is 1. The quantitative estimate of drug-likeness (QED) is 0.0265. The number of thioether (sulfide) groups is 1. The SMILES string of the molecule is CNC(=O)[C@H](CCCCN)NC(=O)[C@H](CCCCN)NC(=O)[C@@H]1CCCN1C(=O)[C@H](CSCCOCCOCCOCCn1cc(C2=C(c3c[nH]c4ccccc34)C(=O)NC2=O)c2ccccc21)NC(C)=O. The molecule has 7 amide bonds.